The Bertz CT molecular complexity index is 440. The zero-order valence-corrected chi connectivity index (χ0v) is 12.3. The number of nitrogens with zero attached hydrogens (tertiary/aromatic N) is 1. The van der Waals surface area contributed by atoms with E-state index in [4.69, 9.17) is 0 Å². The summed E-state index contributed by atoms with van der Waals surface area (Å²) in [6.45, 7) is 9.24. The van der Waals surface area contributed by atoms with E-state index in [1.807, 2.05) is 25.3 Å². The zero-order valence-electron chi connectivity index (χ0n) is 11.4. The van der Waals surface area contributed by atoms with Crippen LogP contribution in [0.1, 0.15) is 29.9 Å². The molecule has 0 aliphatic rings. The van der Waals surface area contributed by atoms with E-state index in [2.05, 4.69) is 11.9 Å². The summed E-state index contributed by atoms with van der Waals surface area (Å²) in [5.41, 5.74) is 0.956. The first kappa shape index (κ1) is 15.4. The molecular formula is C14H20N2O2S. The van der Waals surface area contributed by atoms with E-state index >= 15 is 0 Å². The van der Waals surface area contributed by atoms with Crippen molar-refractivity contribution in [3.63, 3.8) is 0 Å². The fourth-order valence-electron chi connectivity index (χ4n) is 1.64. The van der Waals surface area contributed by atoms with Gasteiger partial charge in [0.1, 0.15) is 0 Å². The molecule has 4 nitrogen and oxygen atoms in total. The normalized spacial score (nSPS) is 10.0. The Morgan fingerprint density at radius 2 is 2.21 bits per heavy atom. The molecular weight excluding hydrogens is 260 g/mol. The van der Waals surface area contributed by atoms with Crippen LogP contribution in [-0.4, -0.2) is 36.3 Å². The van der Waals surface area contributed by atoms with Crippen molar-refractivity contribution in [3.05, 3.63) is 34.5 Å². The number of hydrogen-bond acceptors (Lipinski definition) is 3. The highest BCUT2D eigenvalue weighted by Crippen LogP contribution is 2.07. The van der Waals surface area contributed by atoms with Gasteiger partial charge in [-0.25, -0.2) is 0 Å². The third-order valence-electron chi connectivity index (χ3n) is 2.56. The Balaban J connectivity index is 2.33. The van der Waals surface area contributed by atoms with Gasteiger partial charge in [0.2, 0.25) is 5.91 Å². The molecule has 5 heteroatoms. The third kappa shape index (κ3) is 5.26. The third-order valence-corrected chi connectivity index (χ3v) is 3.43. The lowest BCUT2D eigenvalue weighted by atomic mass is 10.3. The van der Waals surface area contributed by atoms with Gasteiger partial charge in [-0.1, -0.05) is 18.2 Å². The molecule has 1 aromatic rings. The second-order valence-electron chi connectivity index (χ2n) is 4.35. The number of thiophene rings is 1. The molecule has 1 rings (SSSR count). The SMILES string of the molecule is C=C(C)CN(CC)C(=O)CCNC(=O)c1cccs1. The largest absolute Gasteiger partial charge is 0.351 e. The molecule has 0 fully saturated rings. The van der Waals surface area contributed by atoms with E-state index in [0.717, 1.165) is 5.57 Å². The summed E-state index contributed by atoms with van der Waals surface area (Å²) in [6, 6.07) is 3.59. The van der Waals surface area contributed by atoms with Gasteiger partial charge in [-0.2, -0.15) is 0 Å². The molecule has 1 N–H and O–H groups in total. The van der Waals surface area contributed by atoms with Gasteiger partial charge < -0.3 is 10.2 Å². The topological polar surface area (TPSA) is 49.4 Å². The van der Waals surface area contributed by atoms with Crippen LogP contribution in [0.25, 0.3) is 0 Å². The van der Waals surface area contributed by atoms with Crippen LogP contribution in [0.2, 0.25) is 0 Å². The van der Waals surface area contributed by atoms with Gasteiger partial charge in [0, 0.05) is 26.1 Å². The van der Waals surface area contributed by atoms with E-state index in [1.54, 1.807) is 11.0 Å². The lowest BCUT2D eigenvalue weighted by Crippen LogP contribution is -2.35. The molecule has 0 atom stereocenters. The van der Waals surface area contributed by atoms with Gasteiger partial charge >= 0.3 is 0 Å². The average Bonchev–Trinajstić information content (AvgIpc) is 2.89. The molecule has 104 valence electrons. The first-order chi connectivity index (χ1) is 9.04. The molecule has 0 saturated heterocycles. The van der Waals surface area contributed by atoms with E-state index in [9.17, 15) is 9.59 Å². The zero-order chi connectivity index (χ0) is 14.3. The number of hydrogen-bond donors (Lipinski definition) is 1. The van der Waals surface area contributed by atoms with E-state index in [-0.39, 0.29) is 11.8 Å². The molecule has 19 heavy (non-hydrogen) atoms. The fraction of sp³-hybridized carbons (Fsp3) is 0.429. The van der Waals surface area contributed by atoms with Crippen LogP contribution in [0.4, 0.5) is 0 Å². The van der Waals surface area contributed by atoms with Crippen molar-refractivity contribution in [1.29, 1.82) is 0 Å². The molecule has 0 unspecified atom stereocenters. The van der Waals surface area contributed by atoms with Gasteiger partial charge in [-0.05, 0) is 25.3 Å². The summed E-state index contributed by atoms with van der Waals surface area (Å²) < 4.78 is 0. The molecule has 2 amide bonds. The van der Waals surface area contributed by atoms with Crippen molar-refractivity contribution in [1.82, 2.24) is 10.2 Å². The summed E-state index contributed by atoms with van der Waals surface area (Å²) in [6.07, 6.45) is 0.318. The Kier molecular flexibility index (Phi) is 6.29. The molecule has 1 heterocycles. The molecule has 0 radical (unpaired) electrons. The highest BCUT2D eigenvalue weighted by molar-refractivity contribution is 7.12. The lowest BCUT2D eigenvalue weighted by Gasteiger charge is -2.20. The van der Waals surface area contributed by atoms with Crippen LogP contribution in [-0.2, 0) is 4.79 Å². The predicted molar refractivity (Wildman–Crippen MR) is 78.3 cm³/mol. The van der Waals surface area contributed by atoms with Gasteiger partial charge in [-0.15, -0.1) is 11.3 Å². The summed E-state index contributed by atoms with van der Waals surface area (Å²) in [5, 5.41) is 4.60. The van der Waals surface area contributed by atoms with Gasteiger partial charge in [-0.3, -0.25) is 9.59 Å². The maximum absolute atomic E-state index is 11.9. The van der Waals surface area contributed by atoms with Crippen molar-refractivity contribution in [3.8, 4) is 0 Å². The molecule has 0 saturated carbocycles. The minimum atomic E-state index is -0.120. The molecule has 0 aromatic carbocycles. The number of carbonyl (C=O) groups is 2. The summed E-state index contributed by atoms with van der Waals surface area (Å²) in [7, 11) is 0. The number of likely N-dealkylation sites (N-methyl/N-ethyl adjacent to an activating group) is 1. The molecule has 0 aliphatic heterocycles. The predicted octanol–water partition coefficient (Wildman–Crippen LogP) is 2.29. The molecule has 0 aliphatic carbocycles. The van der Waals surface area contributed by atoms with Gasteiger partial charge in [0.15, 0.2) is 0 Å². The number of nitrogens with one attached hydrogen (secondary N) is 1. The molecule has 0 bridgehead atoms. The standard InChI is InChI=1S/C14H20N2O2S/c1-4-16(10-11(2)3)13(17)7-8-15-14(18)12-6-5-9-19-12/h5-6,9H,2,4,7-8,10H2,1,3H3,(H,15,18). The van der Waals surface area contributed by atoms with Crippen LogP contribution in [0.3, 0.4) is 0 Å². The highest BCUT2D eigenvalue weighted by Gasteiger charge is 2.12. The van der Waals surface area contributed by atoms with Crippen molar-refractivity contribution < 1.29 is 9.59 Å². The summed E-state index contributed by atoms with van der Waals surface area (Å²) >= 11 is 1.39. The number of amides is 2. The quantitative estimate of drug-likeness (QED) is 0.779. The maximum atomic E-state index is 11.9. The smallest absolute Gasteiger partial charge is 0.261 e. The first-order valence-corrected chi connectivity index (χ1v) is 7.16. The van der Waals surface area contributed by atoms with E-state index < -0.39 is 0 Å². The van der Waals surface area contributed by atoms with E-state index in [1.165, 1.54) is 11.3 Å². The maximum Gasteiger partial charge on any atom is 0.261 e. The van der Waals surface area contributed by atoms with Crippen LogP contribution >= 0.6 is 11.3 Å². The van der Waals surface area contributed by atoms with Crippen molar-refractivity contribution in [2.75, 3.05) is 19.6 Å². The van der Waals surface area contributed by atoms with Crippen molar-refractivity contribution in [2.24, 2.45) is 0 Å². The summed E-state index contributed by atoms with van der Waals surface area (Å²) in [4.78, 5) is 26.0. The Morgan fingerprint density at radius 3 is 2.74 bits per heavy atom. The van der Waals surface area contributed by atoms with Gasteiger partial charge in [0.25, 0.3) is 5.91 Å². The fourth-order valence-corrected chi connectivity index (χ4v) is 2.28. The highest BCUT2D eigenvalue weighted by atomic mass is 32.1. The lowest BCUT2D eigenvalue weighted by molar-refractivity contribution is -0.130. The first-order valence-electron chi connectivity index (χ1n) is 6.28. The van der Waals surface area contributed by atoms with Crippen LogP contribution in [0, 0.1) is 0 Å². The minimum Gasteiger partial charge on any atom is -0.351 e. The average molecular weight is 280 g/mol. The molecule has 1 aromatic heterocycles. The van der Waals surface area contributed by atoms with Crippen LogP contribution < -0.4 is 5.32 Å². The van der Waals surface area contributed by atoms with Crippen LogP contribution in [0.15, 0.2) is 29.7 Å². The Morgan fingerprint density at radius 1 is 1.47 bits per heavy atom. The second kappa shape index (κ2) is 7.74. The van der Waals surface area contributed by atoms with E-state index in [0.29, 0.717) is 30.9 Å². The monoisotopic (exact) mass is 280 g/mol. The van der Waals surface area contributed by atoms with Crippen LogP contribution in [0.5, 0.6) is 0 Å². The Labute approximate surface area is 118 Å². The second-order valence-corrected chi connectivity index (χ2v) is 5.30. The Hall–Kier alpha value is -1.62. The number of rotatable bonds is 7. The van der Waals surface area contributed by atoms with Crippen molar-refractivity contribution >= 4 is 23.2 Å². The molecule has 0 spiro atoms. The summed E-state index contributed by atoms with van der Waals surface area (Å²) in [5.74, 6) is -0.0808. The van der Waals surface area contributed by atoms with Gasteiger partial charge in [0.05, 0.1) is 4.88 Å². The minimum absolute atomic E-state index is 0.0389. The number of carbonyl (C=O) groups excluding carboxylic acids is 2. The van der Waals surface area contributed by atoms with Crippen molar-refractivity contribution in [2.45, 2.75) is 20.3 Å².